The van der Waals surface area contributed by atoms with E-state index < -0.39 is 0 Å². The van der Waals surface area contributed by atoms with Gasteiger partial charge in [-0.15, -0.1) is 0 Å². The molecule has 140 valence electrons. The molecule has 1 aliphatic rings. The summed E-state index contributed by atoms with van der Waals surface area (Å²) in [6.45, 7) is 0.756. The fraction of sp³-hybridized carbons (Fsp3) is 0.364. The Balaban J connectivity index is 2.45. The number of hydrogen-bond donors (Lipinski definition) is 0. The molecule has 0 N–H and O–H groups in total. The van der Waals surface area contributed by atoms with Gasteiger partial charge in [0.25, 0.3) is 0 Å². The summed E-state index contributed by atoms with van der Waals surface area (Å²) in [6, 6.07) is 0. The molecule has 4 heteroatoms. The highest BCUT2D eigenvalue weighted by atomic mass is 16.5. The molecule has 1 aliphatic heterocycles. The van der Waals surface area contributed by atoms with Gasteiger partial charge in [-0.3, -0.25) is 0 Å². The molecule has 0 atom stereocenters. The van der Waals surface area contributed by atoms with E-state index in [1.54, 1.807) is 0 Å². The van der Waals surface area contributed by atoms with Gasteiger partial charge in [-0.1, -0.05) is 60.8 Å². The Morgan fingerprint density at radius 2 is 0.846 bits per heavy atom. The van der Waals surface area contributed by atoms with Gasteiger partial charge >= 0.3 is 11.9 Å². The molecule has 0 radical (unpaired) electrons. The summed E-state index contributed by atoms with van der Waals surface area (Å²) in [6.07, 6.45) is 27.0. The van der Waals surface area contributed by atoms with Crippen molar-refractivity contribution in [1.29, 1.82) is 0 Å². The fourth-order valence-electron chi connectivity index (χ4n) is 1.99. The van der Waals surface area contributed by atoms with Gasteiger partial charge in [0.1, 0.15) is 0 Å². The molecule has 0 spiro atoms. The Bertz CT molecular complexity index is 525. The molecule has 0 saturated carbocycles. The van der Waals surface area contributed by atoms with Gasteiger partial charge in [-0.05, 0) is 38.5 Å². The number of carbonyl (C=O) groups is 2. The van der Waals surface area contributed by atoms with Crippen molar-refractivity contribution < 1.29 is 19.1 Å². The van der Waals surface area contributed by atoms with Gasteiger partial charge in [0.2, 0.25) is 0 Å². The number of carbonyl (C=O) groups excluding carboxylic acids is 2. The number of rotatable bonds is 0. The van der Waals surface area contributed by atoms with Crippen molar-refractivity contribution in [2.75, 3.05) is 13.2 Å². The van der Waals surface area contributed by atoms with Crippen LogP contribution in [0.1, 0.15) is 38.5 Å². The van der Waals surface area contributed by atoms with Crippen LogP contribution in [-0.4, -0.2) is 25.2 Å². The summed E-state index contributed by atoms with van der Waals surface area (Å²) in [5.74, 6) is -0.595. The predicted molar refractivity (Wildman–Crippen MR) is 104 cm³/mol. The minimum absolute atomic E-state index is 0.298. The van der Waals surface area contributed by atoms with Crippen LogP contribution in [0.4, 0.5) is 0 Å². The highest BCUT2D eigenvalue weighted by Gasteiger charge is 1.95. The van der Waals surface area contributed by atoms with Crippen LogP contribution in [0.3, 0.4) is 0 Å². The zero-order valence-corrected chi connectivity index (χ0v) is 15.2. The van der Waals surface area contributed by atoms with Gasteiger partial charge in [0.05, 0.1) is 13.2 Å². The second-order valence-corrected chi connectivity index (χ2v) is 5.58. The largest absolute Gasteiger partial charge is 0.462 e. The first-order valence-corrected chi connectivity index (χ1v) is 9.09. The van der Waals surface area contributed by atoms with Gasteiger partial charge < -0.3 is 9.47 Å². The zero-order valence-electron chi connectivity index (χ0n) is 15.2. The molecule has 26 heavy (non-hydrogen) atoms. The van der Waals surface area contributed by atoms with Crippen molar-refractivity contribution >= 4 is 11.9 Å². The molecule has 0 unspecified atom stereocenters. The second-order valence-electron chi connectivity index (χ2n) is 5.58. The highest BCUT2D eigenvalue weighted by molar-refractivity contribution is 5.82. The van der Waals surface area contributed by atoms with E-state index in [0.717, 1.165) is 25.7 Å². The third kappa shape index (κ3) is 13.8. The van der Waals surface area contributed by atoms with Crippen molar-refractivity contribution in [3.05, 3.63) is 72.9 Å². The first-order valence-electron chi connectivity index (χ1n) is 9.09. The Hall–Kier alpha value is -2.62. The summed E-state index contributed by atoms with van der Waals surface area (Å²) in [5, 5.41) is 0. The van der Waals surface area contributed by atoms with Crippen LogP contribution >= 0.6 is 0 Å². The number of cyclic esters (lactones) is 2. The maximum Gasteiger partial charge on any atom is 0.330 e. The molecule has 4 nitrogen and oxygen atoms in total. The molecule has 0 aromatic rings. The van der Waals surface area contributed by atoms with Crippen LogP contribution in [0.5, 0.6) is 0 Å². The van der Waals surface area contributed by atoms with E-state index in [4.69, 9.17) is 9.47 Å². The Kier molecular flexibility index (Phi) is 13.1. The number of esters is 2. The molecule has 0 aliphatic carbocycles. The van der Waals surface area contributed by atoms with Crippen molar-refractivity contribution in [2.45, 2.75) is 38.5 Å². The van der Waals surface area contributed by atoms with Crippen LogP contribution in [0, 0.1) is 0 Å². The summed E-state index contributed by atoms with van der Waals surface area (Å²) in [7, 11) is 0. The number of ether oxygens (including phenoxy) is 2. The van der Waals surface area contributed by atoms with E-state index in [9.17, 15) is 9.59 Å². The Morgan fingerprint density at radius 1 is 0.500 bits per heavy atom. The number of allylic oxidation sites excluding steroid dienone is 8. The predicted octanol–water partition coefficient (Wildman–Crippen LogP) is 4.76. The summed E-state index contributed by atoms with van der Waals surface area (Å²) < 4.78 is 10.2. The maximum absolute atomic E-state index is 11.5. The Morgan fingerprint density at radius 3 is 1.27 bits per heavy atom. The highest BCUT2D eigenvalue weighted by Crippen LogP contribution is 1.98. The van der Waals surface area contributed by atoms with E-state index >= 15 is 0 Å². The quantitative estimate of drug-likeness (QED) is 0.587. The van der Waals surface area contributed by atoms with Gasteiger partial charge in [0, 0.05) is 12.2 Å². The van der Waals surface area contributed by atoms with Crippen LogP contribution < -0.4 is 0 Å². The monoisotopic (exact) mass is 356 g/mol. The molecule has 0 bridgehead atoms. The standard InChI is InChI=1S/C22H28O4/c23-21-17-13-9-5-1-3-7-11-15-19-25-22(24)18-14-10-6-2-4-8-12-16-20-26-21/h1-4,7-8,11-14,17-18H,5-6,9-10,15-16,19-20H2/b3-1+,4-2+,11-7-,12-8-,17-13+,18-14+. The minimum Gasteiger partial charge on any atom is -0.462 e. The van der Waals surface area contributed by atoms with E-state index in [2.05, 4.69) is 0 Å². The molecule has 0 amide bonds. The van der Waals surface area contributed by atoms with Crippen LogP contribution in [0.2, 0.25) is 0 Å². The number of hydrogen-bond acceptors (Lipinski definition) is 4. The lowest BCUT2D eigenvalue weighted by Gasteiger charge is -1.98. The smallest absolute Gasteiger partial charge is 0.330 e. The molecular formula is C22H28O4. The van der Waals surface area contributed by atoms with E-state index in [-0.39, 0.29) is 11.9 Å². The van der Waals surface area contributed by atoms with Crippen molar-refractivity contribution in [3.8, 4) is 0 Å². The Labute approximate surface area is 156 Å². The first-order chi connectivity index (χ1) is 12.8. The first kappa shape index (κ1) is 21.4. The average molecular weight is 356 g/mol. The normalized spacial score (nSPS) is 26.3. The van der Waals surface area contributed by atoms with Crippen LogP contribution in [0.25, 0.3) is 0 Å². The van der Waals surface area contributed by atoms with Crippen molar-refractivity contribution in [2.24, 2.45) is 0 Å². The topological polar surface area (TPSA) is 52.6 Å². The molecule has 0 aromatic carbocycles. The molecule has 0 saturated heterocycles. The van der Waals surface area contributed by atoms with Gasteiger partial charge in [-0.25, -0.2) is 9.59 Å². The summed E-state index contributed by atoms with van der Waals surface area (Å²) in [5.41, 5.74) is 0. The van der Waals surface area contributed by atoms with E-state index in [1.807, 2.05) is 60.8 Å². The third-order valence-corrected chi connectivity index (χ3v) is 3.33. The zero-order chi connectivity index (χ0) is 18.7. The molecule has 1 rings (SSSR count). The van der Waals surface area contributed by atoms with Crippen molar-refractivity contribution in [1.82, 2.24) is 0 Å². The molecular weight excluding hydrogens is 328 g/mol. The summed E-state index contributed by atoms with van der Waals surface area (Å²) >= 11 is 0. The van der Waals surface area contributed by atoms with Crippen LogP contribution in [-0.2, 0) is 19.1 Å². The lowest BCUT2D eigenvalue weighted by molar-refractivity contribution is -0.138. The third-order valence-electron chi connectivity index (χ3n) is 3.33. The lowest BCUT2D eigenvalue weighted by atomic mass is 10.2. The minimum atomic E-state index is -0.298. The van der Waals surface area contributed by atoms with E-state index in [1.165, 1.54) is 12.2 Å². The van der Waals surface area contributed by atoms with E-state index in [0.29, 0.717) is 26.1 Å². The second kappa shape index (κ2) is 15.9. The fourth-order valence-corrected chi connectivity index (χ4v) is 1.99. The lowest BCUT2D eigenvalue weighted by Crippen LogP contribution is -2.01. The van der Waals surface area contributed by atoms with Gasteiger partial charge in [0.15, 0.2) is 0 Å². The van der Waals surface area contributed by atoms with Gasteiger partial charge in [-0.2, -0.15) is 0 Å². The van der Waals surface area contributed by atoms with Crippen LogP contribution in [0.15, 0.2) is 72.9 Å². The summed E-state index contributed by atoms with van der Waals surface area (Å²) in [4.78, 5) is 23.0. The average Bonchev–Trinajstić information content (AvgIpc) is 2.63. The maximum atomic E-state index is 11.5. The van der Waals surface area contributed by atoms with Crippen molar-refractivity contribution in [3.63, 3.8) is 0 Å². The molecule has 0 aromatic heterocycles. The molecule has 0 fully saturated rings. The molecule has 1 heterocycles. The SMILES string of the molecule is O=C1/C=C/CC/C=C/C=C\CCOC(=O)/C=C/CC/C=C/C=C\CCO1.